The van der Waals surface area contributed by atoms with E-state index in [0.717, 1.165) is 0 Å². The molecule has 1 aromatic rings. The minimum Gasteiger partial charge on any atom is -0.378 e. The number of carbonyl (C=O) groups is 1. The van der Waals surface area contributed by atoms with Gasteiger partial charge in [-0.3, -0.25) is 4.79 Å². The van der Waals surface area contributed by atoms with E-state index in [-0.39, 0.29) is 24.2 Å². The van der Waals surface area contributed by atoms with Gasteiger partial charge in [0, 0.05) is 25.6 Å². The van der Waals surface area contributed by atoms with Crippen LogP contribution >= 0.6 is 0 Å². The maximum absolute atomic E-state index is 13.5. The van der Waals surface area contributed by atoms with Gasteiger partial charge >= 0.3 is 0 Å². The SMILES string of the molecule is NC(CC(=O)N1CCOCC1)Cc1ccccc1F. The number of carbonyl (C=O) groups excluding carboxylic acids is 1. The molecule has 1 heterocycles. The third kappa shape index (κ3) is 4.01. The van der Waals surface area contributed by atoms with E-state index in [9.17, 15) is 9.18 Å². The zero-order chi connectivity index (χ0) is 13.7. The highest BCUT2D eigenvalue weighted by Crippen LogP contribution is 2.11. The number of morpholine rings is 1. The first-order valence-corrected chi connectivity index (χ1v) is 6.51. The smallest absolute Gasteiger partial charge is 0.224 e. The van der Waals surface area contributed by atoms with E-state index in [1.807, 2.05) is 0 Å². The van der Waals surface area contributed by atoms with Crippen molar-refractivity contribution in [3.63, 3.8) is 0 Å². The van der Waals surface area contributed by atoms with E-state index >= 15 is 0 Å². The predicted octanol–water partition coefficient (Wildman–Crippen LogP) is 0.944. The quantitative estimate of drug-likeness (QED) is 0.882. The van der Waals surface area contributed by atoms with Crippen molar-refractivity contribution in [2.45, 2.75) is 18.9 Å². The van der Waals surface area contributed by atoms with Crippen molar-refractivity contribution in [3.05, 3.63) is 35.6 Å². The molecule has 0 aromatic heterocycles. The average Bonchev–Trinajstić information content (AvgIpc) is 2.42. The summed E-state index contributed by atoms with van der Waals surface area (Å²) in [5.41, 5.74) is 6.50. The van der Waals surface area contributed by atoms with Crippen LogP contribution in [0.2, 0.25) is 0 Å². The number of nitrogens with two attached hydrogens (primary N) is 1. The summed E-state index contributed by atoms with van der Waals surface area (Å²) >= 11 is 0. The van der Waals surface area contributed by atoms with E-state index in [2.05, 4.69) is 0 Å². The fraction of sp³-hybridized carbons (Fsp3) is 0.500. The lowest BCUT2D eigenvalue weighted by Crippen LogP contribution is -2.43. The number of benzene rings is 1. The fourth-order valence-corrected chi connectivity index (χ4v) is 2.18. The molecule has 1 unspecified atom stereocenters. The summed E-state index contributed by atoms with van der Waals surface area (Å²) in [7, 11) is 0. The van der Waals surface area contributed by atoms with Crippen LogP contribution in [0.3, 0.4) is 0 Å². The number of halogens is 1. The van der Waals surface area contributed by atoms with E-state index in [4.69, 9.17) is 10.5 Å². The minimum atomic E-state index is -0.354. The fourth-order valence-electron chi connectivity index (χ4n) is 2.18. The second-order valence-electron chi connectivity index (χ2n) is 4.75. The summed E-state index contributed by atoms with van der Waals surface area (Å²) in [6.45, 7) is 2.39. The zero-order valence-electron chi connectivity index (χ0n) is 10.8. The molecule has 0 saturated carbocycles. The number of nitrogens with zero attached hydrogens (tertiary/aromatic N) is 1. The molecule has 0 bridgehead atoms. The highest BCUT2D eigenvalue weighted by atomic mass is 19.1. The monoisotopic (exact) mass is 266 g/mol. The Bertz CT molecular complexity index is 433. The molecule has 0 aliphatic carbocycles. The maximum Gasteiger partial charge on any atom is 0.224 e. The molecule has 1 aromatic carbocycles. The highest BCUT2D eigenvalue weighted by Gasteiger charge is 2.19. The van der Waals surface area contributed by atoms with Gasteiger partial charge in [-0.25, -0.2) is 4.39 Å². The van der Waals surface area contributed by atoms with Crippen molar-refractivity contribution in [1.82, 2.24) is 4.90 Å². The van der Waals surface area contributed by atoms with Crippen molar-refractivity contribution in [3.8, 4) is 0 Å². The van der Waals surface area contributed by atoms with Gasteiger partial charge in [0.1, 0.15) is 5.82 Å². The molecule has 0 spiro atoms. The Morgan fingerprint density at radius 3 is 2.74 bits per heavy atom. The zero-order valence-corrected chi connectivity index (χ0v) is 10.8. The second-order valence-corrected chi connectivity index (χ2v) is 4.75. The van der Waals surface area contributed by atoms with Crippen LogP contribution < -0.4 is 5.73 Å². The Balaban J connectivity index is 1.85. The summed E-state index contributed by atoms with van der Waals surface area (Å²) in [6.07, 6.45) is 0.622. The van der Waals surface area contributed by atoms with Gasteiger partial charge in [0.25, 0.3) is 0 Å². The average molecular weight is 266 g/mol. The lowest BCUT2D eigenvalue weighted by atomic mass is 10.0. The van der Waals surface area contributed by atoms with Gasteiger partial charge in [0.05, 0.1) is 13.2 Å². The Morgan fingerprint density at radius 1 is 1.37 bits per heavy atom. The van der Waals surface area contributed by atoms with Crippen molar-refractivity contribution in [2.75, 3.05) is 26.3 Å². The first-order chi connectivity index (χ1) is 9.16. The standard InChI is InChI=1S/C14H19FN2O2/c15-13-4-2-1-3-11(13)9-12(16)10-14(18)17-5-7-19-8-6-17/h1-4,12H,5-10,16H2. The number of rotatable bonds is 4. The highest BCUT2D eigenvalue weighted by molar-refractivity contribution is 5.76. The van der Waals surface area contributed by atoms with Crippen LogP contribution in [-0.4, -0.2) is 43.2 Å². The molecule has 1 atom stereocenters. The number of amides is 1. The van der Waals surface area contributed by atoms with Gasteiger partial charge in [0.2, 0.25) is 5.91 Å². The molecule has 5 heteroatoms. The maximum atomic E-state index is 13.5. The molecule has 0 radical (unpaired) electrons. The van der Waals surface area contributed by atoms with Crippen LogP contribution in [0, 0.1) is 5.82 Å². The van der Waals surface area contributed by atoms with Crippen molar-refractivity contribution < 1.29 is 13.9 Å². The lowest BCUT2D eigenvalue weighted by Gasteiger charge is -2.27. The van der Waals surface area contributed by atoms with Crippen LogP contribution in [0.5, 0.6) is 0 Å². The van der Waals surface area contributed by atoms with Crippen LogP contribution in [0.25, 0.3) is 0 Å². The predicted molar refractivity (Wildman–Crippen MR) is 70.1 cm³/mol. The lowest BCUT2D eigenvalue weighted by molar-refractivity contribution is -0.135. The van der Waals surface area contributed by atoms with Crippen LogP contribution in [0.1, 0.15) is 12.0 Å². The van der Waals surface area contributed by atoms with Crippen LogP contribution in [0.4, 0.5) is 4.39 Å². The molecular formula is C14H19FN2O2. The minimum absolute atomic E-state index is 0.0205. The first-order valence-electron chi connectivity index (χ1n) is 6.51. The molecule has 1 aliphatic rings. The van der Waals surface area contributed by atoms with E-state index < -0.39 is 0 Å². The van der Waals surface area contributed by atoms with Gasteiger partial charge in [-0.2, -0.15) is 0 Å². The normalized spacial score (nSPS) is 17.3. The van der Waals surface area contributed by atoms with Gasteiger partial charge in [-0.1, -0.05) is 18.2 Å². The Morgan fingerprint density at radius 2 is 2.05 bits per heavy atom. The van der Waals surface area contributed by atoms with Crippen molar-refractivity contribution in [1.29, 1.82) is 0 Å². The van der Waals surface area contributed by atoms with Crippen LogP contribution in [-0.2, 0) is 16.0 Å². The molecular weight excluding hydrogens is 247 g/mol. The van der Waals surface area contributed by atoms with Crippen molar-refractivity contribution >= 4 is 5.91 Å². The van der Waals surface area contributed by atoms with Gasteiger partial charge in [0.15, 0.2) is 0 Å². The number of hydrogen-bond acceptors (Lipinski definition) is 3. The molecule has 1 saturated heterocycles. The molecule has 2 rings (SSSR count). The first kappa shape index (κ1) is 14.0. The third-order valence-electron chi connectivity index (χ3n) is 3.24. The summed E-state index contributed by atoms with van der Waals surface area (Å²) in [6, 6.07) is 6.17. The van der Waals surface area contributed by atoms with Crippen LogP contribution in [0.15, 0.2) is 24.3 Å². The molecule has 2 N–H and O–H groups in total. The molecule has 1 fully saturated rings. The summed E-state index contributed by atoms with van der Waals surface area (Å²) < 4.78 is 18.7. The molecule has 1 amide bonds. The molecule has 19 heavy (non-hydrogen) atoms. The second kappa shape index (κ2) is 6.63. The van der Waals surface area contributed by atoms with Gasteiger partial charge in [-0.05, 0) is 18.1 Å². The van der Waals surface area contributed by atoms with E-state index in [0.29, 0.717) is 38.3 Å². The largest absolute Gasteiger partial charge is 0.378 e. The number of ether oxygens (including phenoxy) is 1. The summed E-state index contributed by atoms with van der Waals surface area (Å²) in [5, 5.41) is 0. The Hall–Kier alpha value is -1.46. The third-order valence-corrected chi connectivity index (χ3v) is 3.24. The van der Waals surface area contributed by atoms with Gasteiger partial charge < -0.3 is 15.4 Å². The summed E-state index contributed by atoms with van der Waals surface area (Å²) in [5.74, 6) is -0.246. The topological polar surface area (TPSA) is 55.6 Å². The van der Waals surface area contributed by atoms with E-state index in [1.165, 1.54) is 6.07 Å². The van der Waals surface area contributed by atoms with E-state index in [1.54, 1.807) is 23.1 Å². The molecule has 1 aliphatic heterocycles. The van der Waals surface area contributed by atoms with Crippen molar-refractivity contribution in [2.24, 2.45) is 5.73 Å². The number of hydrogen-bond donors (Lipinski definition) is 1. The molecule has 104 valence electrons. The molecule has 4 nitrogen and oxygen atoms in total. The Labute approximate surface area is 112 Å². The van der Waals surface area contributed by atoms with Gasteiger partial charge in [-0.15, -0.1) is 0 Å². The summed E-state index contributed by atoms with van der Waals surface area (Å²) in [4.78, 5) is 13.7. The Kier molecular flexibility index (Phi) is 4.87.